The molecule has 4 nitrogen and oxygen atoms in total. The molecule has 0 saturated carbocycles. The van der Waals surface area contributed by atoms with Gasteiger partial charge < -0.3 is 16.8 Å². The van der Waals surface area contributed by atoms with E-state index in [2.05, 4.69) is 12.2 Å². The first-order chi connectivity index (χ1) is 6.67. The van der Waals surface area contributed by atoms with E-state index in [1.165, 1.54) is 0 Å². The molecule has 0 aliphatic heterocycles. The molecule has 0 saturated heterocycles. The molecule has 0 aliphatic carbocycles. The third-order valence-corrected chi connectivity index (χ3v) is 1.90. The zero-order chi connectivity index (χ0) is 10.6. The summed E-state index contributed by atoms with van der Waals surface area (Å²) in [5, 5.41) is 2.60. The predicted octanol–water partition coefficient (Wildman–Crippen LogP) is 0.377. The van der Waals surface area contributed by atoms with Crippen LogP contribution in [0.5, 0.6) is 0 Å². The number of benzene rings is 1. The lowest BCUT2D eigenvalue weighted by Crippen LogP contribution is -2.11. The summed E-state index contributed by atoms with van der Waals surface area (Å²) in [5.41, 5.74) is 13.6. The highest BCUT2D eigenvalue weighted by molar-refractivity contribution is 5.94. The fourth-order valence-corrected chi connectivity index (χ4v) is 1.22. The molecule has 0 heterocycles. The van der Waals surface area contributed by atoms with Crippen molar-refractivity contribution in [3.8, 4) is 0 Å². The van der Waals surface area contributed by atoms with Crippen LogP contribution in [0.2, 0.25) is 0 Å². The lowest BCUT2D eigenvalue weighted by molar-refractivity contribution is -0.112. The zero-order valence-corrected chi connectivity index (χ0v) is 7.92. The molecule has 0 bridgehead atoms. The van der Waals surface area contributed by atoms with E-state index in [9.17, 15) is 4.79 Å². The van der Waals surface area contributed by atoms with Gasteiger partial charge in [-0.3, -0.25) is 4.79 Å². The molecular weight excluding hydrogens is 178 g/mol. The predicted molar refractivity (Wildman–Crippen MR) is 56.2 cm³/mol. The van der Waals surface area contributed by atoms with Gasteiger partial charge in [-0.2, -0.15) is 0 Å². The van der Waals surface area contributed by atoms with Crippen LogP contribution in [0, 0.1) is 6.92 Å². The number of carbonyl (C=O) groups excluding carboxylic acids is 1. The number of hydrogen-bond donors (Lipinski definition) is 3. The topological polar surface area (TPSA) is 81.1 Å². The number of anilines is 1. The molecule has 0 atom stereocenters. The molecule has 75 valence electrons. The maximum Gasteiger partial charge on any atom is 0.224 e. The Morgan fingerprint density at radius 3 is 2.57 bits per heavy atom. The van der Waals surface area contributed by atoms with Crippen LogP contribution in [0.15, 0.2) is 18.2 Å². The van der Waals surface area contributed by atoms with E-state index >= 15 is 0 Å². The molecule has 0 fully saturated rings. The van der Waals surface area contributed by atoms with Crippen molar-refractivity contribution in [2.24, 2.45) is 11.5 Å². The molecule has 1 aromatic rings. The normalized spacial score (nSPS) is 9.93. The molecule has 5 N–H and O–H groups in total. The molecule has 1 aromatic carbocycles. The van der Waals surface area contributed by atoms with Crippen molar-refractivity contribution in [1.29, 1.82) is 0 Å². The summed E-state index contributed by atoms with van der Waals surface area (Å²) in [7, 11) is 0. The summed E-state index contributed by atoms with van der Waals surface area (Å²) >= 11 is 0. The van der Waals surface area contributed by atoms with Crippen molar-refractivity contribution in [3.63, 3.8) is 0 Å². The standard InChI is InChI=1S/C10H14N3O/c1-7(14)13-10-3-2-8(5-11)4-9(10)6-12/h2-4H,1,5-6,11-12H2,(H,13,14). The lowest BCUT2D eigenvalue weighted by atomic mass is 10.1. The Bertz CT molecular complexity index is 336. The highest BCUT2D eigenvalue weighted by atomic mass is 16.1. The number of rotatable bonds is 3. The van der Waals surface area contributed by atoms with Gasteiger partial charge in [-0.05, 0) is 17.2 Å². The van der Waals surface area contributed by atoms with Gasteiger partial charge >= 0.3 is 0 Å². The second kappa shape index (κ2) is 4.74. The monoisotopic (exact) mass is 192 g/mol. The van der Waals surface area contributed by atoms with Crippen LogP contribution >= 0.6 is 0 Å². The number of hydrogen-bond acceptors (Lipinski definition) is 3. The van der Waals surface area contributed by atoms with Crippen LogP contribution in [0.25, 0.3) is 0 Å². The van der Waals surface area contributed by atoms with Crippen LogP contribution in [-0.4, -0.2) is 5.91 Å². The van der Waals surface area contributed by atoms with Gasteiger partial charge in [-0.15, -0.1) is 0 Å². The maximum absolute atomic E-state index is 10.7. The first-order valence-electron chi connectivity index (χ1n) is 4.32. The largest absolute Gasteiger partial charge is 0.326 e. The van der Waals surface area contributed by atoms with Crippen LogP contribution in [0.3, 0.4) is 0 Å². The molecule has 14 heavy (non-hydrogen) atoms. The first-order valence-corrected chi connectivity index (χ1v) is 4.32. The highest BCUT2D eigenvalue weighted by Gasteiger charge is 2.03. The SMILES string of the molecule is [CH2]C(=O)Nc1ccc(CN)cc1CN. The molecule has 4 heteroatoms. The molecule has 1 radical (unpaired) electrons. The molecule has 0 aliphatic rings. The summed E-state index contributed by atoms with van der Waals surface area (Å²) in [6.45, 7) is 4.06. The van der Waals surface area contributed by atoms with Crippen molar-refractivity contribution >= 4 is 11.6 Å². The molecule has 1 amide bonds. The van der Waals surface area contributed by atoms with E-state index in [-0.39, 0.29) is 5.91 Å². The molecule has 0 spiro atoms. The zero-order valence-electron chi connectivity index (χ0n) is 7.92. The Balaban J connectivity index is 2.98. The van der Waals surface area contributed by atoms with Gasteiger partial charge in [0.2, 0.25) is 5.91 Å². The van der Waals surface area contributed by atoms with Crippen molar-refractivity contribution < 1.29 is 4.79 Å². The van der Waals surface area contributed by atoms with Crippen LogP contribution in [-0.2, 0) is 17.9 Å². The molecular formula is C10H14N3O. The molecule has 0 aromatic heterocycles. The summed E-state index contributed by atoms with van der Waals surface area (Å²) in [5.74, 6) is -0.347. The van der Waals surface area contributed by atoms with E-state index in [1.54, 1.807) is 6.07 Å². The van der Waals surface area contributed by atoms with Crippen LogP contribution in [0.1, 0.15) is 11.1 Å². The molecule has 0 unspecified atom stereocenters. The van der Waals surface area contributed by atoms with Gasteiger partial charge in [0.25, 0.3) is 0 Å². The fraction of sp³-hybridized carbons (Fsp3) is 0.200. The Kier molecular flexibility index (Phi) is 3.62. The van der Waals surface area contributed by atoms with Gasteiger partial charge in [-0.1, -0.05) is 12.1 Å². The average molecular weight is 192 g/mol. The highest BCUT2D eigenvalue weighted by Crippen LogP contribution is 2.16. The van der Waals surface area contributed by atoms with E-state index in [0.717, 1.165) is 11.1 Å². The van der Waals surface area contributed by atoms with Crippen molar-refractivity contribution in [1.82, 2.24) is 0 Å². The Labute approximate surface area is 83.3 Å². The maximum atomic E-state index is 10.7. The average Bonchev–Trinajstić information content (AvgIpc) is 2.17. The number of nitrogens with one attached hydrogen (secondary N) is 1. The first kappa shape index (κ1) is 10.7. The summed E-state index contributed by atoms with van der Waals surface area (Å²) in [6, 6.07) is 5.52. The van der Waals surface area contributed by atoms with Crippen molar-refractivity contribution in [2.45, 2.75) is 13.1 Å². The minimum absolute atomic E-state index is 0.347. The minimum Gasteiger partial charge on any atom is -0.326 e. The quantitative estimate of drug-likeness (QED) is 0.647. The van der Waals surface area contributed by atoms with E-state index in [0.29, 0.717) is 18.8 Å². The Morgan fingerprint density at radius 2 is 2.07 bits per heavy atom. The summed E-state index contributed by atoms with van der Waals surface area (Å²) < 4.78 is 0. The van der Waals surface area contributed by atoms with Crippen molar-refractivity contribution in [2.75, 3.05) is 5.32 Å². The Hall–Kier alpha value is -1.39. The van der Waals surface area contributed by atoms with Crippen LogP contribution in [0.4, 0.5) is 5.69 Å². The summed E-state index contributed by atoms with van der Waals surface area (Å²) in [6.07, 6.45) is 0. The summed E-state index contributed by atoms with van der Waals surface area (Å²) in [4.78, 5) is 10.7. The van der Waals surface area contributed by atoms with E-state index in [1.807, 2.05) is 12.1 Å². The lowest BCUT2D eigenvalue weighted by Gasteiger charge is -2.09. The third-order valence-electron chi connectivity index (χ3n) is 1.90. The van der Waals surface area contributed by atoms with E-state index in [4.69, 9.17) is 11.5 Å². The van der Waals surface area contributed by atoms with E-state index < -0.39 is 0 Å². The van der Waals surface area contributed by atoms with Gasteiger partial charge in [-0.25, -0.2) is 0 Å². The van der Waals surface area contributed by atoms with Crippen molar-refractivity contribution in [3.05, 3.63) is 36.2 Å². The molecule has 1 rings (SSSR count). The smallest absolute Gasteiger partial charge is 0.224 e. The number of nitrogens with two attached hydrogens (primary N) is 2. The van der Waals surface area contributed by atoms with Gasteiger partial charge in [0, 0.05) is 25.7 Å². The fourth-order valence-electron chi connectivity index (χ4n) is 1.22. The minimum atomic E-state index is -0.347. The van der Waals surface area contributed by atoms with Gasteiger partial charge in [0.15, 0.2) is 0 Å². The van der Waals surface area contributed by atoms with Crippen LogP contribution < -0.4 is 16.8 Å². The Morgan fingerprint density at radius 1 is 1.36 bits per heavy atom. The number of carbonyl (C=O) groups is 1. The van der Waals surface area contributed by atoms with Gasteiger partial charge in [0.1, 0.15) is 0 Å². The number of amides is 1. The third kappa shape index (κ3) is 2.55. The second-order valence-corrected chi connectivity index (χ2v) is 2.95. The second-order valence-electron chi connectivity index (χ2n) is 2.95. The van der Waals surface area contributed by atoms with Gasteiger partial charge in [0.05, 0.1) is 0 Å².